The van der Waals surface area contributed by atoms with Gasteiger partial charge < -0.3 is 9.64 Å². The SMILES string of the molecule is CCN(Cc1ccc(OC)cc1)C(=O)c1cccc(S(=O)(=O)Nc2ccccc2F)c1. The van der Waals surface area contributed by atoms with Crippen LogP contribution in [-0.4, -0.2) is 32.9 Å². The van der Waals surface area contributed by atoms with Gasteiger partial charge >= 0.3 is 0 Å². The van der Waals surface area contributed by atoms with Gasteiger partial charge in [-0.2, -0.15) is 0 Å². The van der Waals surface area contributed by atoms with Gasteiger partial charge in [-0.3, -0.25) is 9.52 Å². The minimum absolute atomic E-state index is 0.123. The van der Waals surface area contributed by atoms with Gasteiger partial charge in [-0.05, 0) is 55.0 Å². The second kappa shape index (κ2) is 9.61. The summed E-state index contributed by atoms with van der Waals surface area (Å²) in [6.45, 7) is 2.65. The van der Waals surface area contributed by atoms with Crippen molar-refractivity contribution in [3.63, 3.8) is 0 Å². The molecule has 1 N–H and O–H groups in total. The van der Waals surface area contributed by atoms with E-state index in [2.05, 4.69) is 4.72 Å². The maximum absolute atomic E-state index is 13.9. The van der Waals surface area contributed by atoms with E-state index >= 15 is 0 Å². The molecule has 0 spiro atoms. The van der Waals surface area contributed by atoms with Gasteiger partial charge in [0.05, 0.1) is 17.7 Å². The third-order valence-electron chi connectivity index (χ3n) is 4.71. The number of nitrogens with zero attached hydrogens (tertiary/aromatic N) is 1. The maximum Gasteiger partial charge on any atom is 0.262 e. The highest BCUT2D eigenvalue weighted by atomic mass is 32.2. The summed E-state index contributed by atoms with van der Waals surface area (Å²) in [7, 11) is -2.48. The molecular weight excluding hydrogens is 419 g/mol. The second-order valence-electron chi connectivity index (χ2n) is 6.78. The van der Waals surface area contributed by atoms with Crippen LogP contribution in [0, 0.1) is 5.82 Å². The fraction of sp³-hybridized carbons (Fsp3) is 0.174. The molecule has 0 aliphatic heterocycles. The highest BCUT2D eigenvalue weighted by Gasteiger charge is 2.20. The first kappa shape index (κ1) is 22.3. The topological polar surface area (TPSA) is 75.7 Å². The number of amides is 1. The summed E-state index contributed by atoms with van der Waals surface area (Å²) in [6.07, 6.45) is 0. The number of ether oxygens (including phenoxy) is 1. The minimum atomic E-state index is -4.07. The molecule has 0 aromatic heterocycles. The van der Waals surface area contributed by atoms with Crippen molar-refractivity contribution in [3.8, 4) is 5.75 Å². The second-order valence-corrected chi connectivity index (χ2v) is 8.46. The van der Waals surface area contributed by atoms with Crippen molar-refractivity contribution in [1.29, 1.82) is 0 Å². The Morgan fingerprint density at radius 2 is 1.74 bits per heavy atom. The van der Waals surface area contributed by atoms with Crippen LogP contribution in [0.3, 0.4) is 0 Å². The van der Waals surface area contributed by atoms with Gasteiger partial charge in [0.25, 0.3) is 15.9 Å². The van der Waals surface area contributed by atoms with Crippen molar-refractivity contribution in [2.24, 2.45) is 0 Å². The molecule has 0 aliphatic carbocycles. The zero-order valence-corrected chi connectivity index (χ0v) is 18.0. The summed E-state index contributed by atoms with van der Waals surface area (Å²) < 4.78 is 46.6. The molecule has 3 aromatic rings. The van der Waals surface area contributed by atoms with Crippen LogP contribution in [0.25, 0.3) is 0 Å². The molecule has 6 nitrogen and oxygen atoms in total. The van der Waals surface area contributed by atoms with Crippen molar-refractivity contribution < 1.29 is 22.3 Å². The summed E-state index contributed by atoms with van der Waals surface area (Å²) in [6, 6.07) is 18.6. The van der Waals surface area contributed by atoms with Crippen LogP contribution in [0.15, 0.2) is 77.7 Å². The Hall–Kier alpha value is -3.39. The number of rotatable bonds is 8. The molecule has 1 amide bonds. The lowest BCUT2D eigenvalue weighted by molar-refractivity contribution is 0.0752. The van der Waals surface area contributed by atoms with Crippen LogP contribution < -0.4 is 9.46 Å². The molecule has 3 rings (SSSR count). The monoisotopic (exact) mass is 442 g/mol. The molecule has 3 aromatic carbocycles. The molecule has 162 valence electrons. The summed E-state index contributed by atoms with van der Waals surface area (Å²) >= 11 is 0. The number of hydrogen-bond donors (Lipinski definition) is 1. The Balaban J connectivity index is 1.81. The standard InChI is InChI=1S/C23H23FN2O4S/c1-3-26(16-17-11-13-19(30-2)14-12-17)23(27)18-7-6-8-20(15-18)31(28,29)25-22-10-5-4-9-21(22)24/h4-15,25H,3,16H2,1-2H3. The smallest absolute Gasteiger partial charge is 0.262 e. The normalized spacial score (nSPS) is 11.1. The average molecular weight is 443 g/mol. The fourth-order valence-electron chi connectivity index (χ4n) is 3.01. The number of benzene rings is 3. The highest BCUT2D eigenvalue weighted by molar-refractivity contribution is 7.92. The Morgan fingerprint density at radius 1 is 1.03 bits per heavy atom. The molecule has 0 heterocycles. The van der Waals surface area contributed by atoms with Crippen molar-refractivity contribution >= 4 is 21.6 Å². The lowest BCUT2D eigenvalue weighted by atomic mass is 10.1. The van der Waals surface area contributed by atoms with Crippen LogP contribution in [-0.2, 0) is 16.6 Å². The van der Waals surface area contributed by atoms with Crippen LogP contribution >= 0.6 is 0 Å². The maximum atomic E-state index is 13.9. The van der Waals surface area contributed by atoms with Gasteiger partial charge in [0.2, 0.25) is 0 Å². The van der Waals surface area contributed by atoms with Crippen molar-refractivity contribution in [1.82, 2.24) is 4.90 Å². The van der Waals surface area contributed by atoms with Crippen LogP contribution in [0.4, 0.5) is 10.1 Å². The van der Waals surface area contributed by atoms with Gasteiger partial charge in [0.15, 0.2) is 0 Å². The van der Waals surface area contributed by atoms with E-state index in [0.717, 1.165) is 17.4 Å². The molecule has 0 bridgehead atoms. The van der Waals surface area contributed by atoms with Crippen molar-refractivity contribution in [3.05, 3.63) is 89.7 Å². The van der Waals surface area contributed by atoms with Gasteiger partial charge in [-0.1, -0.05) is 30.3 Å². The quantitative estimate of drug-likeness (QED) is 0.565. The molecule has 0 saturated carbocycles. The van der Waals surface area contributed by atoms with Crippen LogP contribution in [0.5, 0.6) is 5.75 Å². The van der Waals surface area contributed by atoms with E-state index in [1.807, 2.05) is 31.2 Å². The zero-order chi connectivity index (χ0) is 22.4. The molecule has 0 unspecified atom stereocenters. The number of halogens is 1. The summed E-state index contributed by atoms with van der Waals surface area (Å²) in [5, 5.41) is 0. The molecule has 31 heavy (non-hydrogen) atoms. The number of para-hydroxylation sites is 1. The van der Waals surface area contributed by atoms with Crippen LogP contribution in [0.1, 0.15) is 22.8 Å². The number of carbonyl (C=O) groups is 1. The molecule has 0 saturated heterocycles. The Morgan fingerprint density at radius 3 is 2.39 bits per heavy atom. The molecule has 8 heteroatoms. The van der Waals surface area contributed by atoms with E-state index in [1.165, 1.54) is 36.4 Å². The zero-order valence-electron chi connectivity index (χ0n) is 17.2. The summed E-state index contributed by atoms with van der Waals surface area (Å²) in [5.74, 6) is -0.269. The van der Waals surface area contributed by atoms with E-state index in [1.54, 1.807) is 18.1 Å². The van der Waals surface area contributed by atoms with E-state index in [-0.39, 0.29) is 22.1 Å². The Labute approximate surface area is 181 Å². The Bertz CT molecular complexity index is 1160. The highest BCUT2D eigenvalue weighted by Crippen LogP contribution is 2.21. The van der Waals surface area contributed by atoms with Gasteiger partial charge in [0.1, 0.15) is 11.6 Å². The third-order valence-corrected chi connectivity index (χ3v) is 6.07. The molecule has 0 atom stereocenters. The predicted molar refractivity (Wildman–Crippen MR) is 117 cm³/mol. The van der Waals surface area contributed by atoms with Gasteiger partial charge in [-0.15, -0.1) is 0 Å². The van der Waals surface area contributed by atoms with Crippen molar-refractivity contribution in [2.75, 3.05) is 18.4 Å². The molecule has 0 aliphatic rings. The number of sulfonamides is 1. The largest absolute Gasteiger partial charge is 0.497 e. The number of anilines is 1. The first-order valence-corrected chi connectivity index (χ1v) is 11.1. The van der Waals surface area contributed by atoms with E-state index in [4.69, 9.17) is 4.74 Å². The van der Waals surface area contributed by atoms with E-state index in [0.29, 0.717) is 13.1 Å². The van der Waals surface area contributed by atoms with Crippen LogP contribution in [0.2, 0.25) is 0 Å². The first-order valence-electron chi connectivity index (χ1n) is 9.63. The molecule has 0 fully saturated rings. The van der Waals surface area contributed by atoms with Gasteiger partial charge in [-0.25, -0.2) is 12.8 Å². The summed E-state index contributed by atoms with van der Waals surface area (Å²) in [5.41, 5.74) is 0.988. The Kier molecular flexibility index (Phi) is 6.91. The van der Waals surface area contributed by atoms with E-state index < -0.39 is 15.8 Å². The summed E-state index contributed by atoms with van der Waals surface area (Å²) in [4.78, 5) is 14.5. The average Bonchev–Trinajstić information content (AvgIpc) is 2.79. The van der Waals surface area contributed by atoms with Gasteiger partial charge in [0, 0.05) is 18.7 Å². The number of carbonyl (C=O) groups excluding carboxylic acids is 1. The van der Waals surface area contributed by atoms with E-state index in [9.17, 15) is 17.6 Å². The molecular formula is C23H23FN2O4S. The van der Waals surface area contributed by atoms with Crippen molar-refractivity contribution in [2.45, 2.75) is 18.4 Å². The number of hydrogen-bond acceptors (Lipinski definition) is 4. The predicted octanol–water partition coefficient (Wildman–Crippen LogP) is 4.30. The minimum Gasteiger partial charge on any atom is -0.497 e. The third kappa shape index (κ3) is 5.40. The first-order chi connectivity index (χ1) is 14.8. The number of methoxy groups -OCH3 is 1. The molecule has 0 radical (unpaired) electrons. The lowest BCUT2D eigenvalue weighted by Crippen LogP contribution is -2.30. The number of nitrogens with one attached hydrogen (secondary N) is 1. The lowest BCUT2D eigenvalue weighted by Gasteiger charge is -2.21. The fourth-order valence-corrected chi connectivity index (χ4v) is 4.12.